The second kappa shape index (κ2) is 5.90. The van der Waals surface area contributed by atoms with Gasteiger partial charge in [-0.25, -0.2) is 0 Å². The van der Waals surface area contributed by atoms with Crippen LogP contribution < -0.4 is 5.32 Å². The van der Waals surface area contributed by atoms with Crippen LogP contribution in [0.4, 0.5) is 0 Å². The Morgan fingerprint density at radius 2 is 2.08 bits per heavy atom. The molecule has 1 amide bonds. The van der Waals surface area contributed by atoms with E-state index in [1.807, 2.05) is 25.9 Å². The maximum Gasteiger partial charge on any atom is 0.223 e. The highest BCUT2D eigenvalue weighted by Gasteiger charge is 2.12. The average Bonchev–Trinajstić information content (AvgIpc) is 2.03. The highest BCUT2D eigenvalue weighted by Crippen LogP contribution is 1.92. The first-order chi connectivity index (χ1) is 5.97. The average molecular weight is 190 g/mol. The minimum Gasteiger partial charge on any atom is -0.394 e. The first kappa shape index (κ1) is 12.3. The lowest BCUT2D eigenvalue weighted by atomic mass is 10.2. The van der Waals surface area contributed by atoms with Gasteiger partial charge in [0.15, 0.2) is 0 Å². The molecule has 0 aromatic heterocycles. The van der Waals surface area contributed by atoms with Crippen LogP contribution >= 0.6 is 0 Å². The minimum absolute atomic E-state index is 0.0608. The summed E-state index contributed by atoms with van der Waals surface area (Å²) in [6.07, 6.45) is -1.10. The molecule has 0 aromatic carbocycles. The summed E-state index contributed by atoms with van der Waals surface area (Å²) >= 11 is 0. The van der Waals surface area contributed by atoms with Crippen LogP contribution in [0.5, 0.6) is 0 Å². The molecule has 0 bridgehead atoms. The van der Waals surface area contributed by atoms with E-state index >= 15 is 0 Å². The Labute approximate surface area is 78.4 Å². The van der Waals surface area contributed by atoms with Gasteiger partial charge in [0.2, 0.25) is 5.91 Å². The number of aliphatic hydroxyl groups is 2. The number of aliphatic hydroxyl groups excluding tert-OH is 2. The van der Waals surface area contributed by atoms with Crippen LogP contribution in [0.1, 0.15) is 13.3 Å². The predicted molar refractivity (Wildman–Crippen MR) is 49.0 cm³/mol. The van der Waals surface area contributed by atoms with Crippen molar-refractivity contribution in [3.63, 3.8) is 0 Å². The summed E-state index contributed by atoms with van der Waals surface area (Å²) in [6, 6.07) is 0. The molecule has 0 fully saturated rings. The van der Waals surface area contributed by atoms with Crippen LogP contribution in [0, 0.1) is 0 Å². The van der Waals surface area contributed by atoms with E-state index in [1.165, 1.54) is 0 Å². The molecule has 0 heterocycles. The van der Waals surface area contributed by atoms with Crippen molar-refractivity contribution in [3.05, 3.63) is 0 Å². The molecule has 78 valence electrons. The van der Waals surface area contributed by atoms with Crippen LogP contribution in [0.2, 0.25) is 0 Å². The number of carbonyl (C=O) groups excluding carboxylic acids is 1. The minimum atomic E-state index is -0.964. The van der Waals surface area contributed by atoms with E-state index in [-0.39, 0.29) is 25.1 Å². The van der Waals surface area contributed by atoms with Crippen LogP contribution in [-0.4, -0.2) is 54.0 Å². The molecular formula is C8H18N2O3. The summed E-state index contributed by atoms with van der Waals surface area (Å²) in [7, 11) is 3.68. The fraction of sp³-hybridized carbons (Fsp3) is 0.875. The quantitative estimate of drug-likeness (QED) is 0.474. The third-order valence-corrected chi connectivity index (χ3v) is 1.78. The predicted octanol–water partition coefficient (Wildman–Crippen LogP) is -1.25. The van der Waals surface area contributed by atoms with Crippen molar-refractivity contribution in [1.29, 1.82) is 0 Å². The number of nitrogens with one attached hydrogen (secondary N) is 1. The van der Waals surface area contributed by atoms with Gasteiger partial charge in [0.25, 0.3) is 0 Å². The number of rotatable bonds is 5. The third-order valence-electron chi connectivity index (χ3n) is 1.78. The first-order valence-electron chi connectivity index (χ1n) is 4.22. The molecule has 0 spiro atoms. The van der Waals surface area contributed by atoms with Crippen molar-refractivity contribution in [2.45, 2.75) is 25.6 Å². The van der Waals surface area contributed by atoms with Gasteiger partial charge in [0.1, 0.15) is 0 Å². The molecule has 0 saturated carbocycles. The molecule has 3 N–H and O–H groups in total. The SMILES string of the molecule is CC(NC(=O)C[C@H](O)CO)N(C)C. The molecule has 0 saturated heterocycles. The molecule has 0 aromatic rings. The molecular weight excluding hydrogens is 172 g/mol. The van der Waals surface area contributed by atoms with Crippen LogP contribution in [0.15, 0.2) is 0 Å². The van der Waals surface area contributed by atoms with Gasteiger partial charge in [-0.1, -0.05) is 0 Å². The van der Waals surface area contributed by atoms with Crippen molar-refractivity contribution < 1.29 is 15.0 Å². The zero-order valence-electron chi connectivity index (χ0n) is 8.32. The van der Waals surface area contributed by atoms with E-state index in [0.717, 1.165) is 0 Å². The largest absolute Gasteiger partial charge is 0.394 e. The molecule has 0 radical (unpaired) electrons. The Morgan fingerprint density at radius 3 is 2.46 bits per heavy atom. The first-order valence-corrected chi connectivity index (χ1v) is 4.22. The third kappa shape index (κ3) is 5.57. The molecule has 0 rings (SSSR count). The lowest BCUT2D eigenvalue weighted by Crippen LogP contribution is -2.43. The van der Waals surface area contributed by atoms with Crippen molar-refractivity contribution >= 4 is 5.91 Å². The molecule has 5 heteroatoms. The topological polar surface area (TPSA) is 72.8 Å². The zero-order valence-corrected chi connectivity index (χ0v) is 8.32. The van der Waals surface area contributed by atoms with E-state index in [0.29, 0.717) is 0 Å². The lowest BCUT2D eigenvalue weighted by molar-refractivity contribution is -0.125. The monoisotopic (exact) mass is 190 g/mol. The maximum atomic E-state index is 11.1. The second-order valence-electron chi connectivity index (χ2n) is 3.25. The van der Waals surface area contributed by atoms with Crippen LogP contribution in [0.25, 0.3) is 0 Å². The molecule has 2 atom stereocenters. The number of carbonyl (C=O) groups is 1. The van der Waals surface area contributed by atoms with Crippen molar-refractivity contribution in [3.8, 4) is 0 Å². The molecule has 13 heavy (non-hydrogen) atoms. The van der Waals surface area contributed by atoms with Gasteiger partial charge in [-0.15, -0.1) is 0 Å². The van der Waals surface area contributed by atoms with Gasteiger partial charge in [-0.05, 0) is 21.0 Å². The van der Waals surface area contributed by atoms with Crippen LogP contribution in [-0.2, 0) is 4.79 Å². The normalized spacial score (nSPS) is 15.5. The van der Waals surface area contributed by atoms with E-state index in [1.54, 1.807) is 0 Å². The van der Waals surface area contributed by atoms with E-state index in [4.69, 9.17) is 10.2 Å². The van der Waals surface area contributed by atoms with Gasteiger partial charge in [0, 0.05) is 0 Å². The Hall–Kier alpha value is -0.650. The number of hydrogen-bond acceptors (Lipinski definition) is 4. The van der Waals surface area contributed by atoms with Crippen molar-refractivity contribution in [2.24, 2.45) is 0 Å². The molecule has 0 aliphatic rings. The fourth-order valence-corrected chi connectivity index (χ4v) is 0.700. The standard InChI is InChI=1S/C8H18N2O3/c1-6(10(2)3)9-8(13)4-7(12)5-11/h6-7,11-12H,4-5H2,1-3H3,(H,9,13)/t6?,7-/m0/s1. The molecule has 0 aliphatic carbocycles. The second-order valence-corrected chi connectivity index (χ2v) is 3.25. The Kier molecular flexibility index (Phi) is 5.61. The number of nitrogens with zero attached hydrogens (tertiary/aromatic N) is 1. The van der Waals surface area contributed by atoms with Gasteiger partial charge < -0.3 is 15.5 Å². The maximum absolute atomic E-state index is 11.1. The fourth-order valence-electron chi connectivity index (χ4n) is 0.700. The van der Waals surface area contributed by atoms with Gasteiger partial charge in [-0.2, -0.15) is 0 Å². The lowest BCUT2D eigenvalue weighted by Gasteiger charge is -2.21. The summed E-state index contributed by atoms with van der Waals surface area (Å²) in [6.45, 7) is 1.45. The van der Waals surface area contributed by atoms with Crippen molar-refractivity contribution in [2.75, 3.05) is 20.7 Å². The number of hydrogen-bond donors (Lipinski definition) is 3. The summed E-state index contributed by atoms with van der Waals surface area (Å²) in [4.78, 5) is 13.0. The Bertz CT molecular complexity index is 161. The number of amides is 1. The van der Waals surface area contributed by atoms with E-state index in [9.17, 15) is 4.79 Å². The smallest absolute Gasteiger partial charge is 0.223 e. The van der Waals surface area contributed by atoms with Crippen LogP contribution in [0.3, 0.4) is 0 Å². The highest BCUT2D eigenvalue weighted by molar-refractivity contribution is 5.76. The molecule has 1 unspecified atom stereocenters. The van der Waals surface area contributed by atoms with E-state index < -0.39 is 6.10 Å². The molecule has 5 nitrogen and oxygen atoms in total. The van der Waals surface area contributed by atoms with Gasteiger partial charge in [-0.3, -0.25) is 9.69 Å². The summed E-state index contributed by atoms with van der Waals surface area (Å²) < 4.78 is 0. The Morgan fingerprint density at radius 1 is 1.54 bits per heavy atom. The zero-order chi connectivity index (χ0) is 10.4. The van der Waals surface area contributed by atoms with E-state index in [2.05, 4.69) is 5.32 Å². The summed E-state index contributed by atoms with van der Waals surface area (Å²) in [5, 5.41) is 20.1. The van der Waals surface area contributed by atoms with Gasteiger partial charge >= 0.3 is 0 Å². The highest BCUT2D eigenvalue weighted by atomic mass is 16.3. The Balaban J connectivity index is 3.74. The van der Waals surface area contributed by atoms with Crippen molar-refractivity contribution in [1.82, 2.24) is 10.2 Å². The summed E-state index contributed by atoms with van der Waals surface area (Å²) in [5.74, 6) is -0.261. The molecule has 0 aliphatic heterocycles. The van der Waals surface area contributed by atoms with Gasteiger partial charge in [0.05, 0.1) is 25.3 Å². The summed E-state index contributed by atoms with van der Waals surface area (Å²) in [5.41, 5.74) is 0.